The van der Waals surface area contributed by atoms with Gasteiger partial charge in [0.15, 0.2) is 0 Å². The fourth-order valence-electron chi connectivity index (χ4n) is 1.56. The highest BCUT2D eigenvalue weighted by atomic mass is 19.4. The first-order valence-electron chi connectivity index (χ1n) is 5.98. The molecule has 2 nitrogen and oxygen atoms in total. The summed E-state index contributed by atoms with van der Waals surface area (Å²) in [6.45, 7) is 0. The van der Waals surface area contributed by atoms with Crippen molar-refractivity contribution < 1.29 is 22.6 Å². The Hall–Kier alpha value is -2.61. The number of alkyl halides is 3. The smallest absolute Gasteiger partial charge is 0.497 e. The standard InChI is InChI=1S/C16H11F3O2/c1-20-14-8-4-12(5-9-14)2-3-13-6-10-15(11-7-13)21-16(17,18)19/h4-11H,1H3. The fraction of sp³-hybridized carbons (Fsp3) is 0.125. The van der Waals surface area contributed by atoms with Crippen molar-refractivity contribution in [3.63, 3.8) is 0 Å². The van der Waals surface area contributed by atoms with Crippen LogP contribution in [0.25, 0.3) is 0 Å². The highest BCUT2D eigenvalue weighted by molar-refractivity contribution is 5.45. The highest BCUT2D eigenvalue weighted by Gasteiger charge is 2.30. The summed E-state index contributed by atoms with van der Waals surface area (Å²) in [7, 11) is 1.57. The van der Waals surface area contributed by atoms with Crippen LogP contribution < -0.4 is 9.47 Å². The molecule has 2 rings (SSSR count). The maximum Gasteiger partial charge on any atom is 0.573 e. The predicted molar refractivity (Wildman–Crippen MR) is 72.1 cm³/mol. The number of halogens is 3. The third kappa shape index (κ3) is 4.77. The number of methoxy groups -OCH3 is 1. The van der Waals surface area contributed by atoms with Crippen molar-refractivity contribution in [3.8, 4) is 23.3 Å². The second kappa shape index (κ2) is 6.23. The van der Waals surface area contributed by atoms with Gasteiger partial charge < -0.3 is 9.47 Å². The minimum atomic E-state index is -4.68. The first kappa shape index (κ1) is 14.8. The van der Waals surface area contributed by atoms with Crippen LogP contribution in [0, 0.1) is 11.8 Å². The summed E-state index contributed by atoms with van der Waals surface area (Å²) in [5, 5.41) is 0. The largest absolute Gasteiger partial charge is 0.573 e. The third-order valence-corrected chi connectivity index (χ3v) is 2.53. The fourth-order valence-corrected chi connectivity index (χ4v) is 1.56. The minimum absolute atomic E-state index is 0.266. The van der Waals surface area contributed by atoms with E-state index in [0.29, 0.717) is 5.56 Å². The molecule has 0 fully saturated rings. The molecule has 0 unspecified atom stereocenters. The zero-order valence-electron chi connectivity index (χ0n) is 11.1. The van der Waals surface area contributed by atoms with E-state index >= 15 is 0 Å². The molecule has 0 bridgehead atoms. The molecule has 5 heteroatoms. The van der Waals surface area contributed by atoms with E-state index in [4.69, 9.17) is 4.74 Å². The van der Waals surface area contributed by atoms with E-state index in [1.54, 1.807) is 31.4 Å². The maximum atomic E-state index is 12.0. The van der Waals surface area contributed by atoms with Gasteiger partial charge in [-0.05, 0) is 48.5 Å². The Morgan fingerprint density at radius 3 is 1.57 bits per heavy atom. The van der Waals surface area contributed by atoms with E-state index in [-0.39, 0.29) is 5.75 Å². The van der Waals surface area contributed by atoms with Crippen molar-refractivity contribution >= 4 is 0 Å². The van der Waals surface area contributed by atoms with Gasteiger partial charge in [-0.25, -0.2) is 0 Å². The van der Waals surface area contributed by atoms with Crippen molar-refractivity contribution in [2.24, 2.45) is 0 Å². The monoisotopic (exact) mass is 292 g/mol. The summed E-state index contributed by atoms with van der Waals surface area (Å²) in [6.07, 6.45) is -4.68. The van der Waals surface area contributed by atoms with Crippen LogP contribution in [0.15, 0.2) is 48.5 Å². The molecule has 2 aromatic carbocycles. The zero-order valence-corrected chi connectivity index (χ0v) is 11.1. The molecule has 0 aliphatic carbocycles. The van der Waals surface area contributed by atoms with Gasteiger partial charge in [0.25, 0.3) is 0 Å². The van der Waals surface area contributed by atoms with Gasteiger partial charge in [0, 0.05) is 11.1 Å². The quantitative estimate of drug-likeness (QED) is 0.779. The van der Waals surface area contributed by atoms with Crippen LogP contribution >= 0.6 is 0 Å². The lowest BCUT2D eigenvalue weighted by molar-refractivity contribution is -0.274. The van der Waals surface area contributed by atoms with Crippen LogP contribution in [-0.4, -0.2) is 13.5 Å². The lowest BCUT2D eigenvalue weighted by Crippen LogP contribution is -2.16. The van der Waals surface area contributed by atoms with Crippen molar-refractivity contribution in [2.75, 3.05) is 7.11 Å². The number of rotatable bonds is 2. The normalized spacial score (nSPS) is 10.5. The van der Waals surface area contributed by atoms with Gasteiger partial charge in [-0.2, -0.15) is 0 Å². The zero-order chi connectivity index (χ0) is 15.3. The Morgan fingerprint density at radius 2 is 1.19 bits per heavy atom. The lowest BCUT2D eigenvalue weighted by atomic mass is 10.2. The van der Waals surface area contributed by atoms with Gasteiger partial charge in [0.1, 0.15) is 11.5 Å². The Morgan fingerprint density at radius 1 is 0.762 bits per heavy atom. The van der Waals surface area contributed by atoms with Gasteiger partial charge in [0.05, 0.1) is 7.11 Å². The van der Waals surface area contributed by atoms with E-state index in [1.165, 1.54) is 24.3 Å². The summed E-state index contributed by atoms with van der Waals surface area (Å²) >= 11 is 0. The number of hydrogen-bond donors (Lipinski definition) is 0. The average molecular weight is 292 g/mol. The van der Waals surface area contributed by atoms with E-state index < -0.39 is 6.36 Å². The topological polar surface area (TPSA) is 18.5 Å². The number of benzene rings is 2. The minimum Gasteiger partial charge on any atom is -0.497 e. The molecule has 0 radical (unpaired) electrons. The van der Waals surface area contributed by atoms with Crippen LogP contribution in [0.4, 0.5) is 13.2 Å². The molecule has 0 aromatic heterocycles. The lowest BCUT2D eigenvalue weighted by Gasteiger charge is -2.07. The van der Waals surface area contributed by atoms with Crippen molar-refractivity contribution in [1.82, 2.24) is 0 Å². The van der Waals surface area contributed by atoms with Crippen molar-refractivity contribution in [3.05, 3.63) is 59.7 Å². The summed E-state index contributed by atoms with van der Waals surface area (Å²) in [5.74, 6) is 6.24. The van der Waals surface area contributed by atoms with Crippen LogP contribution in [-0.2, 0) is 0 Å². The van der Waals surface area contributed by atoms with E-state index in [2.05, 4.69) is 16.6 Å². The first-order chi connectivity index (χ1) is 9.96. The predicted octanol–water partition coefficient (Wildman–Crippen LogP) is 3.99. The van der Waals surface area contributed by atoms with Crippen LogP contribution in [0.1, 0.15) is 11.1 Å². The van der Waals surface area contributed by atoms with Crippen LogP contribution in [0.3, 0.4) is 0 Å². The average Bonchev–Trinajstić information content (AvgIpc) is 2.45. The van der Waals surface area contributed by atoms with Gasteiger partial charge >= 0.3 is 6.36 Å². The molecule has 0 saturated carbocycles. The molecule has 0 amide bonds. The van der Waals surface area contributed by atoms with E-state index in [1.807, 2.05) is 0 Å². The number of hydrogen-bond acceptors (Lipinski definition) is 2. The van der Waals surface area contributed by atoms with Crippen LogP contribution in [0.2, 0.25) is 0 Å². The van der Waals surface area contributed by atoms with E-state index in [9.17, 15) is 13.2 Å². The Kier molecular flexibility index (Phi) is 4.39. The first-order valence-corrected chi connectivity index (χ1v) is 5.98. The molecule has 2 aromatic rings. The molecule has 108 valence electrons. The van der Waals surface area contributed by atoms with Gasteiger partial charge in [0.2, 0.25) is 0 Å². The molecule has 0 atom stereocenters. The van der Waals surface area contributed by atoms with Crippen LogP contribution in [0.5, 0.6) is 11.5 Å². The van der Waals surface area contributed by atoms with Gasteiger partial charge in [-0.3, -0.25) is 0 Å². The van der Waals surface area contributed by atoms with Gasteiger partial charge in [-0.1, -0.05) is 11.8 Å². The molecule has 21 heavy (non-hydrogen) atoms. The third-order valence-electron chi connectivity index (χ3n) is 2.53. The molecule has 0 heterocycles. The summed E-state index contributed by atoms with van der Waals surface area (Å²) < 4.78 is 44.9. The SMILES string of the molecule is COc1ccc(C#Cc2ccc(OC(F)(F)F)cc2)cc1. The molecule has 0 saturated heterocycles. The van der Waals surface area contributed by atoms with E-state index in [0.717, 1.165) is 11.3 Å². The highest BCUT2D eigenvalue weighted by Crippen LogP contribution is 2.22. The van der Waals surface area contributed by atoms with Gasteiger partial charge in [-0.15, -0.1) is 13.2 Å². The summed E-state index contributed by atoms with van der Waals surface area (Å²) in [6, 6.07) is 12.6. The van der Waals surface area contributed by atoms with Crippen molar-refractivity contribution in [2.45, 2.75) is 6.36 Å². The molecule has 0 spiro atoms. The summed E-state index contributed by atoms with van der Waals surface area (Å²) in [5.41, 5.74) is 1.38. The number of ether oxygens (including phenoxy) is 2. The Labute approximate surface area is 120 Å². The maximum absolute atomic E-state index is 12.0. The Bertz CT molecular complexity index is 647. The molecule has 0 N–H and O–H groups in total. The molecule has 0 aliphatic rings. The second-order valence-electron chi connectivity index (χ2n) is 4.05. The van der Waals surface area contributed by atoms with Crippen molar-refractivity contribution in [1.29, 1.82) is 0 Å². The Balaban J connectivity index is 2.08. The molecular formula is C16H11F3O2. The molecule has 0 aliphatic heterocycles. The molecular weight excluding hydrogens is 281 g/mol. The second-order valence-corrected chi connectivity index (χ2v) is 4.05. The summed E-state index contributed by atoms with van der Waals surface area (Å²) in [4.78, 5) is 0.